The van der Waals surface area contributed by atoms with E-state index in [9.17, 15) is 14.4 Å². The number of rotatable bonds is 5. The standard InChI is InChI=1S/C18H23N3O4/c1-25-10-9-19-18(24)20-12-7-8-14-15(11-12)17(23)21(16(14)22)13-5-3-2-4-6-13/h7-8,11,13H,2-6,9-10H2,1H3,(H2,19,20,24). The van der Waals surface area contributed by atoms with Crippen molar-refractivity contribution in [3.8, 4) is 0 Å². The van der Waals surface area contributed by atoms with Gasteiger partial charge in [0.15, 0.2) is 0 Å². The fraction of sp³-hybridized carbons (Fsp3) is 0.500. The molecule has 1 fully saturated rings. The van der Waals surface area contributed by atoms with Crippen molar-refractivity contribution in [1.82, 2.24) is 10.2 Å². The number of hydrogen-bond acceptors (Lipinski definition) is 4. The highest BCUT2D eigenvalue weighted by atomic mass is 16.5. The van der Waals surface area contributed by atoms with Crippen molar-refractivity contribution in [3.05, 3.63) is 29.3 Å². The summed E-state index contributed by atoms with van der Waals surface area (Å²) in [6.07, 6.45) is 5.00. The molecule has 2 aliphatic rings. The van der Waals surface area contributed by atoms with Crippen LogP contribution in [-0.2, 0) is 4.74 Å². The van der Waals surface area contributed by atoms with E-state index in [2.05, 4.69) is 10.6 Å². The summed E-state index contributed by atoms with van der Waals surface area (Å²) in [6, 6.07) is 4.45. The molecule has 7 nitrogen and oxygen atoms in total. The Balaban J connectivity index is 1.71. The number of ether oxygens (including phenoxy) is 1. The van der Waals surface area contributed by atoms with Crippen LogP contribution in [0.3, 0.4) is 0 Å². The lowest BCUT2D eigenvalue weighted by molar-refractivity contribution is 0.0549. The number of nitrogens with zero attached hydrogens (tertiary/aromatic N) is 1. The van der Waals surface area contributed by atoms with Crippen LogP contribution in [0.4, 0.5) is 10.5 Å². The normalized spacial score (nSPS) is 17.6. The third kappa shape index (κ3) is 3.66. The van der Waals surface area contributed by atoms with Crippen LogP contribution in [0.2, 0.25) is 0 Å². The maximum Gasteiger partial charge on any atom is 0.319 e. The van der Waals surface area contributed by atoms with Gasteiger partial charge in [-0.25, -0.2) is 4.79 Å². The lowest BCUT2D eigenvalue weighted by Gasteiger charge is -2.29. The smallest absolute Gasteiger partial charge is 0.319 e. The van der Waals surface area contributed by atoms with E-state index in [0.717, 1.165) is 32.1 Å². The first-order valence-electron chi connectivity index (χ1n) is 8.67. The zero-order chi connectivity index (χ0) is 17.8. The van der Waals surface area contributed by atoms with Crippen molar-refractivity contribution >= 4 is 23.5 Å². The Hall–Kier alpha value is -2.41. The van der Waals surface area contributed by atoms with Gasteiger partial charge in [-0.2, -0.15) is 0 Å². The van der Waals surface area contributed by atoms with Gasteiger partial charge in [0.25, 0.3) is 11.8 Å². The van der Waals surface area contributed by atoms with Gasteiger partial charge >= 0.3 is 6.03 Å². The minimum absolute atomic E-state index is 0.00472. The molecule has 3 rings (SSSR count). The highest BCUT2D eigenvalue weighted by molar-refractivity contribution is 6.22. The van der Waals surface area contributed by atoms with E-state index in [0.29, 0.717) is 30.0 Å². The average molecular weight is 345 g/mol. The highest BCUT2D eigenvalue weighted by Crippen LogP contribution is 2.32. The second-order valence-electron chi connectivity index (χ2n) is 6.41. The topological polar surface area (TPSA) is 87.7 Å². The van der Waals surface area contributed by atoms with Crippen LogP contribution < -0.4 is 10.6 Å². The molecule has 1 aliphatic carbocycles. The monoisotopic (exact) mass is 345 g/mol. The van der Waals surface area contributed by atoms with Crippen LogP contribution in [0, 0.1) is 0 Å². The molecule has 0 aromatic heterocycles. The number of urea groups is 1. The summed E-state index contributed by atoms with van der Waals surface area (Å²) < 4.78 is 4.87. The Labute approximate surface area is 146 Å². The van der Waals surface area contributed by atoms with Gasteiger partial charge in [0, 0.05) is 25.4 Å². The molecule has 1 aromatic rings. The van der Waals surface area contributed by atoms with Crippen molar-refractivity contribution in [1.29, 1.82) is 0 Å². The molecule has 0 atom stereocenters. The quantitative estimate of drug-likeness (QED) is 0.633. The molecule has 7 heteroatoms. The summed E-state index contributed by atoms with van der Waals surface area (Å²) in [6.45, 7) is 0.807. The SMILES string of the molecule is COCCNC(=O)Nc1ccc2c(c1)C(=O)N(C1CCCCC1)C2=O. The van der Waals surface area contributed by atoms with Gasteiger partial charge in [-0.1, -0.05) is 19.3 Å². The van der Waals surface area contributed by atoms with Gasteiger partial charge in [-0.3, -0.25) is 14.5 Å². The zero-order valence-electron chi connectivity index (χ0n) is 14.3. The first-order valence-corrected chi connectivity index (χ1v) is 8.67. The summed E-state index contributed by atoms with van der Waals surface area (Å²) in [5.41, 5.74) is 1.27. The van der Waals surface area contributed by atoms with Crippen molar-refractivity contribution in [3.63, 3.8) is 0 Å². The van der Waals surface area contributed by atoms with Crippen LogP contribution in [0.25, 0.3) is 0 Å². The van der Waals surface area contributed by atoms with E-state index in [-0.39, 0.29) is 23.9 Å². The molecule has 134 valence electrons. The largest absolute Gasteiger partial charge is 0.383 e. The van der Waals surface area contributed by atoms with Gasteiger partial charge in [-0.05, 0) is 31.0 Å². The van der Waals surface area contributed by atoms with Gasteiger partial charge in [0.05, 0.1) is 17.7 Å². The van der Waals surface area contributed by atoms with Crippen LogP contribution in [0.15, 0.2) is 18.2 Å². The second-order valence-corrected chi connectivity index (χ2v) is 6.41. The number of carbonyl (C=O) groups is 3. The Morgan fingerprint density at radius 2 is 1.88 bits per heavy atom. The Morgan fingerprint density at radius 3 is 2.60 bits per heavy atom. The number of imide groups is 1. The van der Waals surface area contributed by atoms with E-state index in [4.69, 9.17) is 4.74 Å². The van der Waals surface area contributed by atoms with Crippen LogP contribution in [-0.4, -0.2) is 49.0 Å². The number of amides is 4. The second kappa shape index (κ2) is 7.65. The number of methoxy groups -OCH3 is 1. The van der Waals surface area contributed by atoms with Crippen LogP contribution in [0.5, 0.6) is 0 Å². The number of fused-ring (bicyclic) bond motifs is 1. The number of hydrogen-bond donors (Lipinski definition) is 2. The molecule has 0 spiro atoms. The lowest BCUT2D eigenvalue weighted by atomic mass is 9.94. The highest BCUT2D eigenvalue weighted by Gasteiger charge is 2.40. The van der Waals surface area contributed by atoms with Crippen LogP contribution >= 0.6 is 0 Å². The maximum atomic E-state index is 12.7. The molecule has 0 saturated heterocycles. The first-order chi connectivity index (χ1) is 12.1. The molecule has 1 aromatic carbocycles. The Bertz CT molecular complexity index is 683. The summed E-state index contributed by atoms with van der Waals surface area (Å²) in [4.78, 5) is 38.5. The lowest BCUT2D eigenvalue weighted by Crippen LogP contribution is -2.40. The predicted molar refractivity (Wildman–Crippen MR) is 92.7 cm³/mol. The van der Waals surface area contributed by atoms with Crippen LogP contribution in [0.1, 0.15) is 52.8 Å². The number of benzene rings is 1. The number of anilines is 1. The summed E-state index contributed by atoms with van der Waals surface area (Å²) in [7, 11) is 1.56. The van der Waals surface area contributed by atoms with E-state index < -0.39 is 0 Å². The number of carbonyl (C=O) groups excluding carboxylic acids is 3. The number of nitrogens with one attached hydrogen (secondary N) is 2. The summed E-state index contributed by atoms with van der Waals surface area (Å²) in [5, 5.41) is 5.32. The molecule has 4 amide bonds. The zero-order valence-corrected chi connectivity index (χ0v) is 14.3. The molecule has 1 heterocycles. The average Bonchev–Trinajstić information content (AvgIpc) is 2.86. The molecule has 0 bridgehead atoms. The Morgan fingerprint density at radius 1 is 1.16 bits per heavy atom. The molecule has 0 radical (unpaired) electrons. The third-order valence-corrected chi connectivity index (χ3v) is 4.71. The molecule has 1 saturated carbocycles. The molecule has 25 heavy (non-hydrogen) atoms. The van der Waals surface area contributed by atoms with Crippen molar-refractivity contribution in [2.24, 2.45) is 0 Å². The Kier molecular flexibility index (Phi) is 5.33. The van der Waals surface area contributed by atoms with E-state index in [1.54, 1.807) is 25.3 Å². The molecule has 1 aliphatic heterocycles. The summed E-state index contributed by atoms with van der Waals surface area (Å²) >= 11 is 0. The molecular weight excluding hydrogens is 322 g/mol. The van der Waals surface area contributed by atoms with Crippen molar-refractivity contribution in [2.75, 3.05) is 25.6 Å². The fourth-order valence-electron chi connectivity index (χ4n) is 3.45. The van der Waals surface area contributed by atoms with Gasteiger partial charge in [-0.15, -0.1) is 0 Å². The van der Waals surface area contributed by atoms with E-state index >= 15 is 0 Å². The maximum absolute atomic E-state index is 12.7. The minimum atomic E-state index is -0.377. The van der Waals surface area contributed by atoms with Crippen molar-refractivity contribution in [2.45, 2.75) is 38.1 Å². The molecule has 2 N–H and O–H groups in total. The first kappa shape index (κ1) is 17.4. The minimum Gasteiger partial charge on any atom is -0.383 e. The molecule has 0 unspecified atom stereocenters. The predicted octanol–water partition coefficient (Wildman–Crippen LogP) is 2.38. The van der Waals surface area contributed by atoms with Gasteiger partial charge in [0.2, 0.25) is 0 Å². The fourth-order valence-corrected chi connectivity index (χ4v) is 3.45. The summed E-state index contributed by atoms with van der Waals surface area (Å²) in [5.74, 6) is -0.474. The van der Waals surface area contributed by atoms with E-state index in [1.165, 1.54) is 4.90 Å². The third-order valence-electron chi connectivity index (χ3n) is 4.71. The molecular formula is C18H23N3O4. The van der Waals surface area contributed by atoms with Gasteiger partial charge < -0.3 is 15.4 Å². The van der Waals surface area contributed by atoms with Crippen molar-refractivity contribution < 1.29 is 19.1 Å². The van der Waals surface area contributed by atoms with E-state index in [1.807, 2.05) is 0 Å². The van der Waals surface area contributed by atoms with Gasteiger partial charge in [0.1, 0.15) is 0 Å².